The fourth-order valence-electron chi connectivity index (χ4n) is 3.24. The Kier molecular flexibility index (Phi) is 6.02. The number of nitrogens with zero attached hydrogens (tertiary/aromatic N) is 1. The monoisotopic (exact) mass is 337 g/mol. The quantitative estimate of drug-likeness (QED) is 0.880. The number of anilines is 1. The predicted molar refractivity (Wildman–Crippen MR) is 93.0 cm³/mol. The van der Waals surface area contributed by atoms with Crippen molar-refractivity contribution in [2.45, 2.75) is 38.6 Å². The Labute approximate surface area is 143 Å². The molecule has 2 amide bonds. The summed E-state index contributed by atoms with van der Waals surface area (Å²) in [5.74, 6) is 0.321. The molecule has 5 nitrogen and oxygen atoms in total. The zero-order valence-electron chi connectivity index (χ0n) is 13.4. The zero-order chi connectivity index (χ0) is 15.5. The van der Waals surface area contributed by atoms with Crippen molar-refractivity contribution in [2.75, 3.05) is 25.0 Å². The number of halogens is 1. The summed E-state index contributed by atoms with van der Waals surface area (Å²) in [6.07, 6.45) is 2.81. The molecule has 1 saturated heterocycles. The van der Waals surface area contributed by atoms with E-state index in [0.717, 1.165) is 43.7 Å². The van der Waals surface area contributed by atoms with Gasteiger partial charge in [0.25, 0.3) is 0 Å². The molecule has 0 aliphatic carbocycles. The summed E-state index contributed by atoms with van der Waals surface area (Å²) in [4.78, 5) is 25.6. The summed E-state index contributed by atoms with van der Waals surface area (Å²) in [6.45, 7) is 4.68. The number of carbonyl (C=O) groups is 2. The molecule has 0 saturated carbocycles. The van der Waals surface area contributed by atoms with Gasteiger partial charge in [0, 0.05) is 37.8 Å². The standard InChI is InChI=1S/C17H23N3O2.ClH/c1-12-11-18-7-8-20(12)17(22)4-2-3-13-5-6-15-14(9-13)10-16(21)19-15;/h5-6,9,12,18H,2-4,7-8,10-11H2,1H3,(H,19,21);1H. The lowest BCUT2D eigenvalue weighted by Crippen LogP contribution is -2.52. The SMILES string of the molecule is CC1CNCCN1C(=O)CCCc1ccc2c(c1)CC(=O)N2.Cl. The molecule has 2 heterocycles. The smallest absolute Gasteiger partial charge is 0.228 e. The van der Waals surface area contributed by atoms with Crippen LogP contribution >= 0.6 is 12.4 Å². The second kappa shape index (κ2) is 7.79. The summed E-state index contributed by atoms with van der Waals surface area (Å²) in [5, 5.41) is 6.14. The number of benzene rings is 1. The van der Waals surface area contributed by atoms with Crippen LogP contribution in [-0.4, -0.2) is 42.4 Å². The van der Waals surface area contributed by atoms with Crippen LogP contribution < -0.4 is 10.6 Å². The minimum Gasteiger partial charge on any atom is -0.337 e. The lowest BCUT2D eigenvalue weighted by molar-refractivity contribution is -0.134. The van der Waals surface area contributed by atoms with Gasteiger partial charge in [-0.15, -0.1) is 12.4 Å². The van der Waals surface area contributed by atoms with E-state index in [1.54, 1.807) is 0 Å². The van der Waals surface area contributed by atoms with Crippen molar-refractivity contribution in [1.29, 1.82) is 0 Å². The predicted octanol–water partition coefficient (Wildman–Crippen LogP) is 1.75. The molecule has 2 aliphatic rings. The van der Waals surface area contributed by atoms with E-state index in [-0.39, 0.29) is 24.2 Å². The maximum absolute atomic E-state index is 12.3. The fourth-order valence-corrected chi connectivity index (χ4v) is 3.24. The van der Waals surface area contributed by atoms with E-state index < -0.39 is 0 Å². The molecule has 1 fully saturated rings. The molecule has 0 bridgehead atoms. The molecule has 6 heteroatoms. The Morgan fingerprint density at radius 2 is 2.22 bits per heavy atom. The largest absolute Gasteiger partial charge is 0.337 e. The van der Waals surface area contributed by atoms with Crippen LogP contribution in [0.3, 0.4) is 0 Å². The van der Waals surface area contributed by atoms with E-state index in [0.29, 0.717) is 18.9 Å². The van der Waals surface area contributed by atoms with Crippen molar-refractivity contribution in [3.63, 3.8) is 0 Å². The normalized spacial score (nSPS) is 19.8. The molecule has 3 rings (SSSR count). The van der Waals surface area contributed by atoms with Gasteiger partial charge < -0.3 is 15.5 Å². The van der Waals surface area contributed by atoms with Crippen molar-refractivity contribution < 1.29 is 9.59 Å². The van der Waals surface area contributed by atoms with Gasteiger partial charge >= 0.3 is 0 Å². The molecule has 126 valence electrons. The highest BCUT2D eigenvalue weighted by Gasteiger charge is 2.22. The first-order valence-electron chi connectivity index (χ1n) is 8.05. The molecule has 0 spiro atoms. The molecule has 1 atom stereocenters. The topological polar surface area (TPSA) is 61.4 Å². The Balaban J connectivity index is 0.00000192. The number of aryl methyl sites for hydroxylation is 1. The number of hydrogen-bond acceptors (Lipinski definition) is 3. The molecular formula is C17H24ClN3O2. The highest BCUT2D eigenvalue weighted by atomic mass is 35.5. The maximum atomic E-state index is 12.3. The van der Waals surface area contributed by atoms with Gasteiger partial charge in [-0.25, -0.2) is 0 Å². The Morgan fingerprint density at radius 3 is 3.00 bits per heavy atom. The second-order valence-corrected chi connectivity index (χ2v) is 6.21. The molecular weight excluding hydrogens is 314 g/mol. The third-order valence-electron chi connectivity index (χ3n) is 4.47. The Hall–Kier alpha value is -1.59. The minimum absolute atomic E-state index is 0. The van der Waals surface area contributed by atoms with Crippen molar-refractivity contribution in [3.05, 3.63) is 29.3 Å². The summed E-state index contributed by atoms with van der Waals surface area (Å²) in [5.41, 5.74) is 3.21. The second-order valence-electron chi connectivity index (χ2n) is 6.21. The first-order chi connectivity index (χ1) is 10.6. The molecule has 2 aliphatic heterocycles. The number of nitrogens with one attached hydrogen (secondary N) is 2. The number of fused-ring (bicyclic) bond motifs is 1. The van der Waals surface area contributed by atoms with Crippen molar-refractivity contribution in [1.82, 2.24) is 10.2 Å². The summed E-state index contributed by atoms with van der Waals surface area (Å²) in [6, 6.07) is 6.39. The van der Waals surface area contributed by atoms with E-state index in [1.165, 1.54) is 5.56 Å². The number of rotatable bonds is 4. The number of piperazine rings is 1. The number of hydrogen-bond donors (Lipinski definition) is 2. The van der Waals surface area contributed by atoms with Crippen LogP contribution in [0.1, 0.15) is 30.9 Å². The zero-order valence-corrected chi connectivity index (χ0v) is 14.2. The third-order valence-corrected chi connectivity index (χ3v) is 4.47. The van der Waals surface area contributed by atoms with Crippen LogP contribution in [0.5, 0.6) is 0 Å². The van der Waals surface area contributed by atoms with Crippen LogP contribution in [0.25, 0.3) is 0 Å². The van der Waals surface area contributed by atoms with Gasteiger partial charge in [-0.05, 0) is 37.0 Å². The number of carbonyl (C=O) groups excluding carboxylic acids is 2. The molecule has 23 heavy (non-hydrogen) atoms. The van der Waals surface area contributed by atoms with Crippen LogP contribution in [0.2, 0.25) is 0 Å². The highest BCUT2D eigenvalue weighted by molar-refractivity contribution is 5.99. The molecule has 2 N–H and O–H groups in total. The van der Waals surface area contributed by atoms with Crippen molar-refractivity contribution >= 4 is 29.9 Å². The van der Waals surface area contributed by atoms with Gasteiger partial charge in [0.2, 0.25) is 11.8 Å². The fraction of sp³-hybridized carbons (Fsp3) is 0.529. The third kappa shape index (κ3) is 4.24. The van der Waals surface area contributed by atoms with Crippen LogP contribution in [0, 0.1) is 0 Å². The van der Waals surface area contributed by atoms with Gasteiger partial charge in [0.1, 0.15) is 0 Å². The van der Waals surface area contributed by atoms with Gasteiger partial charge in [-0.3, -0.25) is 9.59 Å². The van der Waals surface area contributed by atoms with E-state index in [9.17, 15) is 9.59 Å². The summed E-state index contributed by atoms with van der Waals surface area (Å²) in [7, 11) is 0. The first-order valence-corrected chi connectivity index (χ1v) is 8.05. The molecule has 1 aromatic rings. The Morgan fingerprint density at radius 1 is 1.39 bits per heavy atom. The van der Waals surface area contributed by atoms with Crippen LogP contribution in [0.4, 0.5) is 5.69 Å². The minimum atomic E-state index is 0. The average Bonchev–Trinajstić information content (AvgIpc) is 2.87. The Bertz CT molecular complexity index is 591. The lowest BCUT2D eigenvalue weighted by atomic mass is 10.0. The van der Waals surface area contributed by atoms with E-state index in [1.807, 2.05) is 17.0 Å². The first kappa shape index (κ1) is 17.8. The summed E-state index contributed by atoms with van der Waals surface area (Å²) >= 11 is 0. The number of amides is 2. The van der Waals surface area contributed by atoms with Gasteiger partial charge in [-0.1, -0.05) is 12.1 Å². The molecule has 0 aromatic heterocycles. The van der Waals surface area contributed by atoms with E-state index in [2.05, 4.69) is 23.6 Å². The average molecular weight is 338 g/mol. The van der Waals surface area contributed by atoms with Gasteiger partial charge in [0.15, 0.2) is 0 Å². The maximum Gasteiger partial charge on any atom is 0.228 e. The van der Waals surface area contributed by atoms with E-state index >= 15 is 0 Å². The van der Waals surface area contributed by atoms with Crippen molar-refractivity contribution in [2.24, 2.45) is 0 Å². The van der Waals surface area contributed by atoms with Gasteiger partial charge in [0.05, 0.1) is 6.42 Å². The highest BCUT2D eigenvalue weighted by Crippen LogP contribution is 2.24. The van der Waals surface area contributed by atoms with Crippen LogP contribution in [-0.2, 0) is 22.4 Å². The van der Waals surface area contributed by atoms with Gasteiger partial charge in [-0.2, -0.15) is 0 Å². The van der Waals surface area contributed by atoms with Crippen molar-refractivity contribution in [3.8, 4) is 0 Å². The molecule has 1 unspecified atom stereocenters. The molecule has 1 aromatic carbocycles. The lowest BCUT2D eigenvalue weighted by Gasteiger charge is -2.34. The molecule has 0 radical (unpaired) electrons. The van der Waals surface area contributed by atoms with Crippen LogP contribution in [0.15, 0.2) is 18.2 Å². The van der Waals surface area contributed by atoms with E-state index in [4.69, 9.17) is 0 Å². The summed E-state index contributed by atoms with van der Waals surface area (Å²) < 4.78 is 0.